The van der Waals surface area contributed by atoms with E-state index in [1.165, 1.54) is 0 Å². The SMILES string of the molecule is COc1ccccc1CCNc1nc(Cl)nc2sccc12. The van der Waals surface area contributed by atoms with Crippen LogP contribution in [0.2, 0.25) is 5.28 Å². The molecule has 0 bridgehead atoms. The molecule has 0 fully saturated rings. The topological polar surface area (TPSA) is 47.0 Å². The number of para-hydroxylation sites is 1. The van der Waals surface area contributed by atoms with Gasteiger partial charge in [0.25, 0.3) is 0 Å². The Balaban J connectivity index is 1.73. The van der Waals surface area contributed by atoms with Crippen LogP contribution >= 0.6 is 22.9 Å². The lowest BCUT2D eigenvalue weighted by Crippen LogP contribution is -2.07. The van der Waals surface area contributed by atoms with E-state index < -0.39 is 0 Å². The van der Waals surface area contributed by atoms with E-state index in [-0.39, 0.29) is 5.28 Å². The molecule has 3 rings (SSSR count). The van der Waals surface area contributed by atoms with Crippen molar-refractivity contribution < 1.29 is 4.74 Å². The molecule has 6 heteroatoms. The average molecular weight is 320 g/mol. The fourth-order valence-corrected chi connectivity index (χ4v) is 3.17. The van der Waals surface area contributed by atoms with Crippen LogP contribution in [0.15, 0.2) is 35.7 Å². The van der Waals surface area contributed by atoms with Crippen LogP contribution in [0.5, 0.6) is 5.75 Å². The van der Waals surface area contributed by atoms with Crippen LogP contribution in [0.3, 0.4) is 0 Å². The molecule has 0 saturated heterocycles. The molecule has 0 saturated carbocycles. The van der Waals surface area contributed by atoms with Gasteiger partial charge in [-0.1, -0.05) is 18.2 Å². The number of thiophene rings is 1. The Kier molecular flexibility index (Phi) is 4.22. The van der Waals surface area contributed by atoms with Crippen LogP contribution in [0.1, 0.15) is 5.56 Å². The summed E-state index contributed by atoms with van der Waals surface area (Å²) in [6.45, 7) is 0.749. The van der Waals surface area contributed by atoms with Crippen molar-refractivity contribution >= 4 is 39.0 Å². The lowest BCUT2D eigenvalue weighted by molar-refractivity contribution is 0.410. The van der Waals surface area contributed by atoms with Crippen molar-refractivity contribution in [3.05, 3.63) is 46.6 Å². The Morgan fingerprint density at radius 3 is 2.95 bits per heavy atom. The second kappa shape index (κ2) is 6.28. The summed E-state index contributed by atoms with van der Waals surface area (Å²) >= 11 is 7.50. The molecule has 0 spiro atoms. The Labute approximate surface area is 131 Å². The maximum Gasteiger partial charge on any atom is 0.225 e. The van der Waals surface area contributed by atoms with Gasteiger partial charge in [-0.3, -0.25) is 0 Å². The van der Waals surface area contributed by atoms with Crippen LogP contribution in [0, 0.1) is 0 Å². The Bertz CT molecular complexity index is 760. The second-order valence-electron chi connectivity index (χ2n) is 4.47. The van der Waals surface area contributed by atoms with Crippen molar-refractivity contribution in [2.24, 2.45) is 0 Å². The van der Waals surface area contributed by atoms with E-state index >= 15 is 0 Å². The third-order valence-corrected chi connectivity index (χ3v) is 4.15. The van der Waals surface area contributed by atoms with Gasteiger partial charge in [-0.25, -0.2) is 9.97 Å². The summed E-state index contributed by atoms with van der Waals surface area (Å²) in [7, 11) is 1.69. The highest BCUT2D eigenvalue weighted by Gasteiger charge is 2.08. The molecular formula is C15H14ClN3OS. The first-order chi connectivity index (χ1) is 10.3. The van der Waals surface area contributed by atoms with Crippen molar-refractivity contribution in [1.82, 2.24) is 9.97 Å². The number of benzene rings is 1. The summed E-state index contributed by atoms with van der Waals surface area (Å²) in [6, 6.07) is 10.0. The van der Waals surface area contributed by atoms with Gasteiger partial charge in [-0.05, 0) is 41.1 Å². The number of aromatic nitrogens is 2. The minimum atomic E-state index is 0.268. The van der Waals surface area contributed by atoms with Crippen molar-refractivity contribution in [3.8, 4) is 5.75 Å². The lowest BCUT2D eigenvalue weighted by atomic mass is 10.1. The van der Waals surface area contributed by atoms with Crippen LogP contribution in [0.25, 0.3) is 10.2 Å². The van der Waals surface area contributed by atoms with Crippen LogP contribution in [-0.4, -0.2) is 23.6 Å². The highest BCUT2D eigenvalue weighted by atomic mass is 35.5. The molecule has 21 heavy (non-hydrogen) atoms. The molecule has 3 aromatic rings. The van der Waals surface area contributed by atoms with E-state index in [1.54, 1.807) is 18.4 Å². The molecular weight excluding hydrogens is 306 g/mol. The molecule has 0 aliphatic carbocycles. The molecule has 4 nitrogen and oxygen atoms in total. The first kappa shape index (κ1) is 14.1. The summed E-state index contributed by atoms with van der Waals surface area (Å²) in [5.74, 6) is 1.68. The zero-order chi connectivity index (χ0) is 14.7. The molecule has 1 aromatic carbocycles. The molecule has 2 aromatic heterocycles. The van der Waals surface area contributed by atoms with Crippen molar-refractivity contribution in [1.29, 1.82) is 0 Å². The predicted octanol–water partition coefficient (Wildman–Crippen LogP) is 4.01. The first-order valence-electron chi connectivity index (χ1n) is 6.54. The van der Waals surface area contributed by atoms with E-state index in [4.69, 9.17) is 16.3 Å². The molecule has 2 heterocycles. The van der Waals surface area contributed by atoms with Crippen molar-refractivity contribution in [3.63, 3.8) is 0 Å². The van der Waals surface area contributed by atoms with E-state index in [0.29, 0.717) is 0 Å². The average Bonchev–Trinajstić information content (AvgIpc) is 2.96. The molecule has 0 aliphatic heterocycles. The minimum absolute atomic E-state index is 0.268. The van der Waals surface area contributed by atoms with Gasteiger partial charge in [0, 0.05) is 6.54 Å². The number of hydrogen-bond donors (Lipinski definition) is 1. The van der Waals surface area contributed by atoms with E-state index in [9.17, 15) is 0 Å². The van der Waals surface area contributed by atoms with Gasteiger partial charge in [0.05, 0.1) is 12.5 Å². The van der Waals surface area contributed by atoms with Gasteiger partial charge in [-0.15, -0.1) is 11.3 Å². The largest absolute Gasteiger partial charge is 0.496 e. The number of fused-ring (bicyclic) bond motifs is 1. The van der Waals surface area contributed by atoms with Gasteiger partial charge in [-0.2, -0.15) is 0 Å². The molecule has 0 aliphatic rings. The van der Waals surface area contributed by atoms with Crippen molar-refractivity contribution in [2.75, 3.05) is 19.0 Å². The second-order valence-corrected chi connectivity index (χ2v) is 5.70. The van der Waals surface area contributed by atoms with E-state index in [0.717, 1.165) is 40.3 Å². The predicted molar refractivity (Wildman–Crippen MR) is 87.6 cm³/mol. The Morgan fingerprint density at radius 2 is 2.10 bits per heavy atom. The first-order valence-corrected chi connectivity index (χ1v) is 7.80. The standard InChI is InChI=1S/C15H14ClN3OS/c1-20-12-5-3-2-4-10(12)6-8-17-13-11-7-9-21-14(11)19-15(16)18-13/h2-5,7,9H,6,8H2,1H3,(H,17,18,19). The molecule has 108 valence electrons. The number of nitrogens with one attached hydrogen (secondary N) is 1. The lowest BCUT2D eigenvalue weighted by Gasteiger charge is -2.10. The minimum Gasteiger partial charge on any atom is -0.496 e. The maximum atomic E-state index is 5.95. The zero-order valence-electron chi connectivity index (χ0n) is 11.5. The number of anilines is 1. The molecule has 0 radical (unpaired) electrons. The number of hydrogen-bond acceptors (Lipinski definition) is 5. The van der Waals surface area contributed by atoms with E-state index in [1.807, 2.05) is 29.6 Å². The highest BCUT2D eigenvalue weighted by Crippen LogP contribution is 2.26. The van der Waals surface area contributed by atoms with Crippen LogP contribution < -0.4 is 10.1 Å². The van der Waals surface area contributed by atoms with Crippen LogP contribution in [-0.2, 0) is 6.42 Å². The zero-order valence-corrected chi connectivity index (χ0v) is 13.0. The van der Waals surface area contributed by atoms with Gasteiger partial charge in [0.2, 0.25) is 5.28 Å². The maximum absolute atomic E-state index is 5.95. The van der Waals surface area contributed by atoms with Gasteiger partial charge >= 0.3 is 0 Å². The third kappa shape index (κ3) is 3.09. The summed E-state index contributed by atoms with van der Waals surface area (Å²) in [4.78, 5) is 9.37. The summed E-state index contributed by atoms with van der Waals surface area (Å²) in [5.41, 5.74) is 1.16. The Morgan fingerprint density at radius 1 is 1.24 bits per heavy atom. The van der Waals surface area contributed by atoms with Gasteiger partial charge in [0.15, 0.2) is 0 Å². The third-order valence-electron chi connectivity index (χ3n) is 3.18. The smallest absolute Gasteiger partial charge is 0.225 e. The quantitative estimate of drug-likeness (QED) is 0.722. The summed E-state index contributed by atoms with van der Waals surface area (Å²) < 4.78 is 5.35. The molecule has 0 unspecified atom stereocenters. The van der Waals surface area contributed by atoms with Crippen LogP contribution in [0.4, 0.5) is 5.82 Å². The number of halogens is 1. The fourth-order valence-electron chi connectivity index (χ4n) is 2.19. The fraction of sp³-hybridized carbons (Fsp3) is 0.200. The molecule has 1 N–H and O–H groups in total. The highest BCUT2D eigenvalue weighted by molar-refractivity contribution is 7.16. The summed E-state index contributed by atoms with van der Waals surface area (Å²) in [5, 5.41) is 6.59. The molecule has 0 atom stereocenters. The normalized spacial score (nSPS) is 10.8. The summed E-state index contributed by atoms with van der Waals surface area (Å²) in [6.07, 6.45) is 0.845. The number of nitrogens with zero attached hydrogens (tertiary/aromatic N) is 2. The Hall–Kier alpha value is -1.85. The van der Waals surface area contributed by atoms with Gasteiger partial charge < -0.3 is 10.1 Å². The number of methoxy groups -OCH3 is 1. The van der Waals surface area contributed by atoms with Gasteiger partial charge in [0.1, 0.15) is 16.4 Å². The molecule has 0 amide bonds. The number of rotatable bonds is 5. The monoisotopic (exact) mass is 319 g/mol. The number of ether oxygens (including phenoxy) is 1. The van der Waals surface area contributed by atoms with E-state index in [2.05, 4.69) is 21.4 Å². The van der Waals surface area contributed by atoms with Crippen molar-refractivity contribution in [2.45, 2.75) is 6.42 Å².